The Kier molecular flexibility index (Phi) is 4.71. The topological polar surface area (TPSA) is 59.2 Å². The van der Waals surface area contributed by atoms with Crippen LogP contribution in [0.5, 0.6) is 0 Å². The zero-order chi connectivity index (χ0) is 18.1. The van der Waals surface area contributed by atoms with Gasteiger partial charge in [-0.25, -0.2) is 28.7 Å². The summed E-state index contributed by atoms with van der Waals surface area (Å²) in [6.07, 6.45) is 5.52. The van der Waals surface area contributed by atoms with Crippen molar-refractivity contribution in [3.05, 3.63) is 36.5 Å². The number of hydrogen-bond acceptors (Lipinski definition) is 6. The smallest absolute Gasteiger partial charge is 0.281 e. The molecule has 3 aromatic rings. The van der Waals surface area contributed by atoms with Gasteiger partial charge < -0.3 is 4.90 Å². The lowest BCUT2D eigenvalue weighted by atomic mass is 10.0. The third-order valence-electron chi connectivity index (χ3n) is 4.61. The molecule has 136 valence electrons. The van der Waals surface area contributed by atoms with Crippen LogP contribution in [0.4, 0.5) is 14.6 Å². The van der Waals surface area contributed by atoms with Gasteiger partial charge in [0.2, 0.25) is 0 Å². The molecule has 1 aliphatic heterocycles. The molecule has 3 aromatic heterocycles. The molecule has 0 amide bonds. The minimum atomic E-state index is -2.64. The highest BCUT2D eigenvalue weighted by atomic mass is 32.1. The molecule has 1 fully saturated rings. The van der Waals surface area contributed by atoms with Gasteiger partial charge in [-0.3, -0.25) is 4.40 Å². The number of fused-ring (bicyclic) bond motifs is 1. The first kappa shape index (κ1) is 17.1. The lowest BCUT2D eigenvalue weighted by Gasteiger charge is -2.32. The molecule has 0 aliphatic carbocycles. The van der Waals surface area contributed by atoms with Gasteiger partial charge in [0.25, 0.3) is 6.43 Å². The van der Waals surface area contributed by atoms with E-state index in [4.69, 9.17) is 0 Å². The van der Waals surface area contributed by atoms with Crippen LogP contribution in [0.2, 0.25) is 0 Å². The highest BCUT2D eigenvalue weighted by Crippen LogP contribution is 2.25. The van der Waals surface area contributed by atoms with Crippen molar-refractivity contribution in [3.63, 3.8) is 0 Å². The SMILES string of the molecule is FC(F)c1cn2c(-c3nccc(N4CCCC(CS)C4)n3)cnc2cn1. The molecule has 0 bridgehead atoms. The van der Waals surface area contributed by atoms with Gasteiger partial charge in [-0.1, -0.05) is 0 Å². The molecule has 4 heterocycles. The molecule has 1 saturated heterocycles. The van der Waals surface area contributed by atoms with Crippen LogP contribution in [0, 0.1) is 5.92 Å². The van der Waals surface area contributed by atoms with Crippen LogP contribution in [0.3, 0.4) is 0 Å². The predicted octanol–water partition coefficient (Wildman–Crippen LogP) is 3.27. The Morgan fingerprint density at radius 2 is 2.12 bits per heavy atom. The van der Waals surface area contributed by atoms with E-state index in [-0.39, 0.29) is 5.69 Å². The Morgan fingerprint density at radius 3 is 2.92 bits per heavy atom. The zero-order valence-corrected chi connectivity index (χ0v) is 14.9. The second-order valence-electron chi connectivity index (χ2n) is 6.36. The van der Waals surface area contributed by atoms with Gasteiger partial charge in [0.05, 0.1) is 12.4 Å². The van der Waals surface area contributed by atoms with Crippen molar-refractivity contribution in [2.75, 3.05) is 23.7 Å². The van der Waals surface area contributed by atoms with Crippen LogP contribution in [-0.2, 0) is 0 Å². The van der Waals surface area contributed by atoms with Gasteiger partial charge in [-0.2, -0.15) is 12.6 Å². The molecule has 9 heteroatoms. The summed E-state index contributed by atoms with van der Waals surface area (Å²) < 4.78 is 27.5. The quantitative estimate of drug-likeness (QED) is 0.708. The monoisotopic (exact) mass is 376 g/mol. The number of piperidine rings is 1. The molecule has 26 heavy (non-hydrogen) atoms. The summed E-state index contributed by atoms with van der Waals surface area (Å²) in [5, 5.41) is 0. The van der Waals surface area contributed by atoms with E-state index in [2.05, 4.69) is 37.5 Å². The van der Waals surface area contributed by atoms with E-state index in [1.807, 2.05) is 6.07 Å². The normalized spacial score (nSPS) is 18.0. The number of alkyl halides is 2. The van der Waals surface area contributed by atoms with Crippen molar-refractivity contribution < 1.29 is 8.78 Å². The molecule has 0 spiro atoms. The van der Waals surface area contributed by atoms with E-state index in [1.165, 1.54) is 18.8 Å². The second kappa shape index (κ2) is 7.14. The Balaban J connectivity index is 1.70. The number of anilines is 1. The molecule has 1 atom stereocenters. The molecule has 0 radical (unpaired) electrons. The van der Waals surface area contributed by atoms with E-state index in [0.717, 1.165) is 31.1 Å². The van der Waals surface area contributed by atoms with Crippen LogP contribution < -0.4 is 4.90 Å². The highest BCUT2D eigenvalue weighted by Gasteiger charge is 2.21. The number of rotatable bonds is 4. The van der Waals surface area contributed by atoms with Gasteiger partial charge in [-0.15, -0.1) is 0 Å². The fourth-order valence-electron chi connectivity index (χ4n) is 3.25. The van der Waals surface area contributed by atoms with E-state index in [1.54, 1.807) is 16.8 Å². The van der Waals surface area contributed by atoms with Crippen molar-refractivity contribution in [1.29, 1.82) is 0 Å². The summed E-state index contributed by atoms with van der Waals surface area (Å²) >= 11 is 4.41. The summed E-state index contributed by atoms with van der Waals surface area (Å²) in [6, 6.07) is 1.87. The summed E-state index contributed by atoms with van der Waals surface area (Å²) in [7, 11) is 0. The van der Waals surface area contributed by atoms with E-state index < -0.39 is 6.43 Å². The first-order valence-electron chi connectivity index (χ1n) is 8.46. The van der Waals surface area contributed by atoms with Crippen LogP contribution in [-0.4, -0.2) is 43.2 Å². The number of nitrogens with zero attached hydrogens (tertiary/aromatic N) is 6. The fourth-order valence-corrected chi connectivity index (χ4v) is 3.55. The van der Waals surface area contributed by atoms with Crippen molar-refractivity contribution >= 4 is 24.1 Å². The maximum absolute atomic E-state index is 13.0. The van der Waals surface area contributed by atoms with Crippen LogP contribution >= 0.6 is 12.6 Å². The van der Waals surface area contributed by atoms with Crippen molar-refractivity contribution in [2.24, 2.45) is 5.92 Å². The summed E-state index contributed by atoms with van der Waals surface area (Å²) in [4.78, 5) is 19.1. The molecule has 0 saturated carbocycles. The first-order valence-corrected chi connectivity index (χ1v) is 9.09. The maximum Gasteiger partial charge on any atom is 0.281 e. The number of halogens is 2. The maximum atomic E-state index is 13.0. The fraction of sp³-hybridized carbons (Fsp3) is 0.412. The Morgan fingerprint density at radius 1 is 1.23 bits per heavy atom. The van der Waals surface area contributed by atoms with Crippen molar-refractivity contribution in [1.82, 2.24) is 24.3 Å². The molecule has 1 unspecified atom stereocenters. The molecule has 4 rings (SSSR count). The number of thiol groups is 1. The second-order valence-corrected chi connectivity index (χ2v) is 6.72. The van der Waals surface area contributed by atoms with Gasteiger partial charge in [0.15, 0.2) is 11.5 Å². The van der Waals surface area contributed by atoms with Crippen LogP contribution in [0.25, 0.3) is 17.2 Å². The summed E-state index contributed by atoms with van der Waals surface area (Å²) in [6.45, 7) is 1.85. The average Bonchev–Trinajstić information content (AvgIpc) is 3.11. The lowest BCUT2D eigenvalue weighted by molar-refractivity contribution is 0.145. The van der Waals surface area contributed by atoms with Gasteiger partial charge >= 0.3 is 0 Å². The van der Waals surface area contributed by atoms with Gasteiger partial charge in [0.1, 0.15) is 17.2 Å². The van der Waals surface area contributed by atoms with E-state index in [0.29, 0.717) is 23.1 Å². The number of aromatic nitrogens is 5. The third-order valence-corrected chi connectivity index (χ3v) is 5.13. The van der Waals surface area contributed by atoms with Gasteiger partial charge in [0, 0.05) is 25.5 Å². The van der Waals surface area contributed by atoms with E-state index >= 15 is 0 Å². The summed E-state index contributed by atoms with van der Waals surface area (Å²) in [5.74, 6) is 2.68. The van der Waals surface area contributed by atoms with E-state index in [9.17, 15) is 8.78 Å². The largest absolute Gasteiger partial charge is 0.356 e. The van der Waals surface area contributed by atoms with Gasteiger partial charge in [-0.05, 0) is 30.6 Å². The minimum absolute atomic E-state index is 0.305. The van der Waals surface area contributed by atoms with Crippen molar-refractivity contribution in [2.45, 2.75) is 19.3 Å². The van der Waals surface area contributed by atoms with Crippen LogP contribution in [0.15, 0.2) is 30.9 Å². The number of imidazole rings is 1. The number of hydrogen-bond donors (Lipinski definition) is 1. The first-order chi connectivity index (χ1) is 12.7. The highest BCUT2D eigenvalue weighted by molar-refractivity contribution is 7.80. The molecular weight excluding hydrogens is 358 g/mol. The van der Waals surface area contributed by atoms with Crippen molar-refractivity contribution in [3.8, 4) is 11.5 Å². The molecule has 6 nitrogen and oxygen atoms in total. The summed E-state index contributed by atoms with van der Waals surface area (Å²) in [5.41, 5.74) is 0.737. The third kappa shape index (κ3) is 3.23. The zero-order valence-electron chi connectivity index (χ0n) is 14.0. The predicted molar refractivity (Wildman–Crippen MR) is 97.8 cm³/mol. The molecule has 1 aliphatic rings. The molecule has 0 aromatic carbocycles. The minimum Gasteiger partial charge on any atom is -0.356 e. The Bertz CT molecular complexity index is 915. The standard InChI is InChI=1S/C17H18F2N6S/c18-16(19)12-9-25-13(6-22-15(25)7-21-12)17-20-4-3-14(23-17)24-5-1-2-11(8-24)10-26/h3-4,6-7,9,11,16,26H,1-2,5,8,10H2. The Hall–Kier alpha value is -2.29. The molecular formula is C17H18F2N6S. The van der Waals surface area contributed by atoms with Crippen LogP contribution in [0.1, 0.15) is 25.0 Å². The Labute approximate surface area is 154 Å². The average molecular weight is 376 g/mol. The molecule has 0 N–H and O–H groups in total. The lowest BCUT2D eigenvalue weighted by Crippen LogP contribution is -2.36.